The van der Waals surface area contributed by atoms with Crippen molar-refractivity contribution in [2.45, 2.75) is 78.0 Å². The lowest BCUT2D eigenvalue weighted by atomic mass is 9.49. The SMILES string of the molecule is CCC(C)(C)C(=O)OCCOC(=O)C(C)(OC(=O)C12CC3CC(C1)C(=O)C(C3)C2)C(F)(F)F. The summed E-state index contributed by atoms with van der Waals surface area (Å²) in [6.07, 6.45) is -2.76. The van der Waals surface area contributed by atoms with Crippen molar-refractivity contribution in [2.75, 3.05) is 13.2 Å². The van der Waals surface area contributed by atoms with Crippen molar-refractivity contribution in [1.29, 1.82) is 0 Å². The largest absolute Gasteiger partial charge is 0.462 e. The Hall–Kier alpha value is -2.13. The summed E-state index contributed by atoms with van der Waals surface area (Å²) in [6, 6.07) is 0. The fraction of sp³-hybridized carbons (Fsp3) is 0.826. The van der Waals surface area contributed by atoms with Crippen LogP contribution >= 0.6 is 0 Å². The highest BCUT2D eigenvalue weighted by atomic mass is 19.4. The van der Waals surface area contributed by atoms with E-state index in [-0.39, 0.29) is 36.4 Å². The zero-order chi connectivity index (χ0) is 24.8. The van der Waals surface area contributed by atoms with Gasteiger partial charge in [0, 0.05) is 11.8 Å². The van der Waals surface area contributed by atoms with Gasteiger partial charge in [-0.2, -0.15) is 13.2 Å². The van der Waals surface area contributed by atoms with Gasteiger partial charge in [0.15, 0.2) is 0 Å². The van der Waals surface area contributed by atoms with E-state index < -0.39 is 53.7 Å². The number of carbonyl (C=O) groups excluding carboxylic acids is 4. The Labute approximate surface area is 190 Å². The van der Waals surface area contributed by atoms with Crippen molar-refractivity contribution in [3.8, 4) is 0 Å². The van der Waals surface area contributed by atoms with Crippen molar-refractivity contribution in [1.82, 2.24) is 0 Å². The van der Waals surface area contributed by atoms with E-state index in [0.29, 0.717) is 32.6 Å². The molecule has 0 aromatic heterocycles. The van der Waals surface area contributed by atoms with Gasteiger partial charge in [0.2, 0.25) is 0 Å². The van der Waals surface area contributed by atoms with Gasteiger partial charge in [-0.3, -0.25) is 14.4 Å². The Balaban J connectivity index is 1.65. The summed E-state index contributed by atoms with van der Waals surface area (Å²) < 4.78 is 56.2. The maximum absolute atomic E-state index is 13.9. The molecule has 4 fully saturated rings. The maximum Gasteiger partial charge on any atom is 0.439 e. The second-order valence-electron chi connectivity index (χ2n) is 10.5. The fourth-order valence-electron chi connectivity index (χ4n) is 5.25. The van der Waals surface area contributed by atoms with Gasteiger partial charge in [-0.05, 0) is 65.2 Å². The molecule has 186 valence electrons. The predicted octanol–water partition coefficient (Wildman–Crippen LogP) is 3.77. The first-order valence-electron chi connectivity index (χ1n) is 11.3. The van der Waals surface area contributed by atoms with E-state index in [0.717, 1.165) is 0 Å². The summed E-state index contributed by atoms with van der Waals surface area (Å²) >= 11 is 0. The first kappa shape index (κ1) is 25.5. The van der Waals surface area contributed by atoms with Crippen molar-refractivity contribution in [3.63, 3.8) is 0 Å². The summed E-state index contributed by atoms with van der Waals surface area (Å²) in [7, 11) is 0. The van der Waals surface area contributed by atoms with Crippen LogP contribution in [0.4, 0.5) is 13.2 Å². The molecule has 10 heteroatoms. The number of rotatable bonds is 8. The highest BCUT2D eigenvalue weighted by molar-refractivity contribution is 5.91. The zero-order valence-electron chi connectivity index (χ0n) is 19.4. The first-order valence-corrected chi connectivity index (χ1v) is 11.3. The van der Waals surface area contributed by atoms with Crippen LogP contribution in [-0.2, 0) is 33.4 Å². The molecule has 0 saturated heterocycles. The monoisotopic (exact) mass is 476 g/mol. The number of alkyl halides is 3. The summed E-state index contributed by atoms with van der Waals surface area (Å²) in [5.74, 6) is -3.96. The summed E-state index contributed by atoms with van der Waals surface area (Å²) in [5.41, 5.74) is -5.47. The van der Waals surface area contributed by atoms with Crippen molar-refractivity contribution in [2.24, 2.45) is 28.6 Å². The third kappa shape index (κ3) is 4.62. The summed E-state index contributed by atoms with van der Waals surface area (Å²) in [6.45, 7) is 4.51. The lowest BCUT2D eigenvalue weighted by Gasteiger charge is -2.54. The lowest BCUT2D eigenvalue weighted by Crippen LogP contribution is -2.59. The van der Waals surface area contributed by atoms with Crippen LogP contribution < -0.4 is 0 Å². The van der Waals surface area contributed by atoms with E-state index in [2.05, 4.69) is 0 Å². The standard InChI is InChI=1S/C23H31F3O7/c1-5-20(2,3)17(28)31-6-7-32-18(29)21(4,23(24,25)26)33-19(30)22-10-13-8-14(11-22)16(27)15(9-13)12-22/h13-15H,5-12H2,1-4H3. The molecule has 0 amide bonds. The van der Waals surface area contributed by atoms with Gasteiger partial charge in [-0.15, -0.1) is 0 Å². The van der Waals surface area contributed by atoms with Gasteiger partial charge >= 0.3 is 24.1 Å². The second-order valence-corrected chi connectivity index (χ2v) is 10.5. The van der Waals surface area contributed by atoms with Crippen LogP contribution in [0.5, 0.6) is 0 Å². The van der Waals surface area contributed by atoms with Gasteiger partial charge in [0.25, 0.3) is 5.60 Å². The van der Waals surface area contributed by atoms with Crippen LogP contribution in [0, 0.1) is 28.6 Å². The average Bonchev–Trinajstić information content (AvgIpc) is 2.72. The molecule has 3 unspecified atom stereocenters. The van der Waals surface area contributed by atoms with E-state index in [1.807, 2.05) is 0 Å². The van der Waals surface area contributed by atoms with E-state index in [1.54, 1.807) is 20.8 Å². The number of hydrogen-bond acceptors (Lipinski definition) is 7. The molecule has 0 radical (unpaired) electrons. The first-order chi connectivity index (χ1) is 15.1. The van der Waals surface area contributed by atoms with Gasteiger partial charge in [-0.25, -0.2) is 4.79 Å². The number of ketones is 1. The van der Waals surface area contributed by atoms with Gasteiger partial charge in [0.05, 0.1) is 10.8 Å². The minimum absolute atomic E-state index is 0.0770. The molecule has 4 aliphatic rings. The molecule has 0 aliphatic heterocycles. The van der Waals surface area contributed by atoms with Crippen LogP contribution in [0.15, 0.2) is 0 Å². The third-order valence-corrected chi connectivity index (χ3v) is 7.64. The fourth-order valence-corrected chi connectivity index (χ4v) is 5.25. The van der Waals surface area contributed by atoms with E-state index in [4.69, 9.17) is 14.2 Å². The molecule has 4 rings (SSSR count). The van der Waals surface area contributed by atoms with Crippen LogP contribution in [0.3, 0.4) is 0 Å². The molecule has 4 aliphatic carbocycles. The number of carbonyl (C=O) groups is 4. The Bertz CT molecular complexity index is 816. The average molecular weight is 476 g/mol. The number of ether oxygens (including phenoxy) is 3. The molecule has 0 heterocycles. The van der Waals surface area contributed by atoms with Crippen LogP contribution in [0.25, 0.3) is 0 Å². The summed E-state index contributed by atoms with van der Waals surface area (Å²) in [5, 5.41) is 0. The lowest BCUT2D eigenvalue weighted by molar-refractivity contribution is -0.271. The zero-order valence-corrected chi connectivity index (χ0v) is 19.4. The van der Waals surface area contributed by atoms with Crippen LogP contribution in [0.1, 0.15) is 66.2 Å². The molecule has 33 heavy (non-hydrogen) atoms. The predicted molar refractivity (Wildman–Crippen MR) is 108 cm³/mol. The maximum atomic E-state index is 13.9. The second kappa shape index (κ2) is 8.58. The quantitative estimate of drug-likeness (QED) is 0.299. The molecule has 4 saturated carbocycles. The Morgan fingerprint density at radius 2 is 1.45 bits per heavy atom. The van der Waals surface area contributed by atoms with E-state index in [1.165, 1.54) is 0 Å². The molecule has 7 nitrogen and oxygen atoms in total. The Morgan fingerprint density at radius 3 is 1.94 bits per heavy atom. The molecule has 3 atom stereocenters. The van der Waals surface area contributed by atoms with E-state index in [9.17, 15) is 32.3 Å². The van der Waals surface area contributed by atoms with Crippen molar-refractivity contribution in [3.05, 3.63) is 0 Å². The topological polar surface area (TPSA) is 96.0 Å². The van der Waals surface area contributed by atoms with Crippen LogP contribution in [0.2, 0.25) is 0 Å². The minimum Gasteiger partial charge on any atom is -0.462 e. The van der Waals surface area contributed by atoms with Crippen molar-refractivity contribution < 1.29 is 46.6 Å². The van der Waals surface area contributed by atoms with Gasteiger partial charge in [-0.1, -0.05) is 6.92 Å². The number of Topliss-reactive ketones (excluding diaryl/α,β-unsaturated/α-hetero) is 1. The molecular weight excluding hydrogens is 445 g/mol. The van der Waals surface area contributed by atoms with Crippen molar-refractivity contribution >= 4 is 23.7 Å². The van der Waals surface area contributed by atoms with E-state index >= 15 is 0 Å². The molecule has 0 aromatic carbocycles. The molecule has 0 spiro atoms. The molecule has 4 bridgehead atoms. The highest BCUT2D eigenvalue weighted by Gasteiger charge is 2.65. The molecule has 0 N–H and O–H groups in total. The van der Waals surface area contributed by atoms with Gasteiger partial charge < -0.3 is 14.2 Å². The smallest absolute Gasteiger partial charge is 0.439 e. The minimum atomic E-state index is -5.22. The Kier molecular flexibility index (Phi) is 6.63. The van der Waals surface area contributed by atoms with Crippen LogP contribution in [-0.4, -0.2) is 48.7 Å². The van der Waals surface area contributed by atoms with Gasteiger partial charge in [0.1, 0.15) is 19.0 Å². The normalized spacial score (nSPS) is 30.5. The Morgan fingerprint density at radius 1 is 0.939 bits per heavy atom. The summed E-state index contributed by atoms with van der Waals surface area (Å²) in [4.78, 5) is 49.7. The number of hydrogen-bond donors (Lipinski definition) is 0. The highest BCUT2D eigenvalue weighted by Crippen LogP contribution is 2.59. The molecular formula is C23H31F3O7. The number of esters is 3. The third-order valence-electron chi connectivity index (χ3n) is 7.64. The number of halogens is 3. The molecule has 0 aromatic rings.